The van der Waals surface area contributed by atoms with Gasteiger partial charge in [-0.25, -0.2) is 0 Å². The van der Waals surface area contributed by atoms with Gasteiger partial charge < -0.3 is 9.47 Å². The predicted molar refractivity (Wildman–Crippen MR) is 63.1 cm³/mol. The van der Waals surface area contributed by atoms with Gasteiger partial charge in [-0.3, -0.25) is 0 Å². The van der Waals surface area contributed by atoms with Crippen LogP contribution >= 0.6 is 0 Å². The standard InChI is InChI=1S/C13H26O2/c1-6-12(3,4)10-13(5,7-2)15-9-11-8-14-11/h11H,6-10H2,1-5H3. The SMILES string of the molecule is CCC(C)(C)CC(C)(CC)OCC1CO1. The first-order valence-corrected chi connectivity index (χ1v) is 6.16. The third-order valence-corrected chi connectivity index (χ3v) is 3.58. The summed E-state index contributed by atoms with van der Waals surface area (Å²) in [5, 5.41) is 0. The first-order chi connectivity index (χ1) is 6.91. The lowest BCUT2D eigenvalue weighted by Crippen LogP contribution is -2.35. The van der Waals surface area contributed by atoms with Gasteiger partial charge in [0.15, 0.2) is 0 Å². The Morgan fingerprint density at radius 2 is 1.80 bits per heavy atom. The number of ether oxygens (including phenoxy) is 2. The summed E-state index contributed by atoms with van der Waals surface area (Å²) in [4.78, 5) is 0. The highest BCUT2D eigenvalue weighted by Crippen LogP contribution is 2.35. The van der Waals surface area contributed by atoms with E-state index in [2.05, 4.69) is 34.6 Å². The molecule has 0 saturated carbocycles. The van der Waals surface area contributed by atoms with Crippen LogP contribution < -0.4 is 0 Å². The number of rotatable bonds is 7. The van der Waals surface area contributed by atoms with E-state index in [9.17, 15) is 0 Å². The van der Waals surface area contributed by atoms with Crippen LogP contribution in [-0.2, 0) is 9.47 Å². The molecule has 90 valence electrons. The average molecular weight is 214 g/mol. The molecule has 1 aliphatic rings. The van der Waals surface area contributed by atoms with E-state index in [0.29, 0.717) is 11.5 Å². The van der Waals surface area contributed by atoms with Crippen LogP contribution in [0.1, 0.15) is 53.9 Å². The smallest absolute Gasteiger partial charge is 0.104 e. The van der Waals surface area contributed by atoms with Crippen molar-refractivity contribution in [3.8, 4) is 0 Å². The summed E-state index contributed by atoms with van der Waals surface area (Å²) in [7, 11) is 0. The van der Waals surface area contributed by atoms with E-state index in [4.69, 9.17) is 9.47 Å². The van der Waals surface area contributed by atoms with Gasteiger partial charge in [0, 0.05) is 0 Å². The Kier molecular flexibility index (Phi) is 4.19. The molecule has 15 heavy (non-hydrogen) atoms. The van der Waals surface area contributed by atoms with Gasteiger partial charge in [0.05, 0.1) is 18.8 Å². The Balaban J connectivity index is 2.42. The van der Waals surface area contributed by atoms with Crippen molar-refractivity contribution in [3.63, 3.8) is 0 Å². The maximum absolute atomic E-state index is 6.02. The second-order valence-corrected chi connectivity index (χ2v) is 5.76. The van der Waals surface area contributed by atoms with Crippen molar-refractivity contribution in [3.05, 3.63) is 0 Å². The highest BCUT2D eigenvalue weighted by Gasteiger charge is 2.33. The Hall–Kier alpha value is -0.0800. The van der Waals surface area contributed by atoms with Crippen molar-refractivity contribution in [2.45, 2.75) is 65.6 Å². The fourth-order valence-corrected chi connectivity index (χ4v) is 1.87. The molecule has 1 aliphatic heterocycles. The number of epoxide rings is 1. The van der Waals surface area contributed by atoms with E-state index < -0.39 is 0 Å². The molecule has 0 bridgehead atoms. The van der Waals surface area contributed by atoms with Gasteiger partial charge in [0.2, 0.25) is 0 Å². The Morgan fingerprint density at radius 1 is 1.20 bits per heavy atom. The van der Waals surface area contributed by atoms with Crippen molar-refractivity contribution in [2.24, 2.45) is 5.41 Å². The second kappa shape index (κ2) is 4.84. The fourth-order valence-electron chi connectivity index (χ4n) is 1.87. The molecule has 2 atom stereocenters. The molecule has 0 aromatic carbocycles. The van der Waals surface area contributed by atoms with Crippen LogP contribution in [0, 0.1) is 5.41 Å². The van der Waals surface area contributed by atoms with Gasteiger partial charge in [0.25, 0.3) is 0 Å². The van der Waals surface area contributed by atoms with Gasteiger partial charge in [0.1, 0.15) is 6.10 Å². The lowest BCUT2D eigenvalue weighted by molar-refractivity contribution is -0.0672. The molecule has 0 aliphatic carbocycles. The molecule has 2 heteroatoms. The lowest BCUT2D eigenvalue weighted by Gasteiger charge is -2.36. The van der Waals surface area contributed by atoms with E-state index in [-0.39, 0.29) is 5.60 Å². The molecule has 1 saturated heterocycles. The highest BCUT2D eigenvalue weighted by molar-refractivity contribution is 4.83. The molecule has 2 unspecified atom stereocenters. The zero-order valence-corrected chi connectivity index (χ0v) is 10.9. The monoisotopic (exact) mass is 214 g/mol. The maximum Gasteiger partial charge on any atom is 0.104 e. The van der Waals surface area contributed by atoms with E-state index in [1.54, 1.807) is 0 Å². The minimum absolute atomic E-state index is 0.0193. The van der Waals surface area contributed by atoms with Gasteiger partial charge in [-0.05, 0) is 25.2 Å². The molecular weight excluding hydrogens is 188 g/mol. The van der Waals surface area contributed by atoms with Crippen LogP contribution in [0.4, 0.5) is 0 Å². The summed E-state index contributed by atoms with van der Waals surface area (Å²) in [5.74, 6) is 0. The first-order valence-electron chi connectivity index (χ1n) is 6.16. The molecule has 1 heterocycles. The van der Waals surface area contributed by atoms with E-state index in [1.165, 1.54) is 6.42 Å². The Labute approximate surface area is 94.3 Å². The fraction of sp³-hybridized carbons (Fsp3) is 1.00. The van der Waals surface area contributed by atoms with E-state index >= 15 is 0 Å². The molecule has 1 rings (SSSR count). The van der Waals surface area contributed by atoms with Crippen LogP contribution in [0.5, 0.6) is 0 Å². The highest BCUT2D eigenvalue weighted by atomic mass is 16.6. The normalized spacial score (nSPS) is 25.0. The molecule has 0 aromatic rings. The quantitative estimate of drug-likeness (QED) is 0.606. The van der Waals surface area contributed by atoms with Crippen LogP contribution in [0.2, 0.25) is 0 Å². The summed E-state index contributed by atoms with van der Waals surface area (Å²) in [6.45, 7) is 13.0. The lowest BCUT2D eigenvalue weighted by atomic mass is 9.78. The molecule has 0 spiro atoms. The van der Waals surface area contributed by atoms with Crippen LogP contribution in [0.3, 0.4) is 0 Å². The van der Waals surface area contributed by atoms with Crippen molar-refractivity contribution in [2.75, 3.05) is 13.2 Å². The summed E-state index contributed by atoms with van der Waals surface area (Å²) in [6.07, 6.45) is 3.77. The zero-order chi connectivity index (χ0) is 11.5. The Morgan fingerprint density at radius 3 is 2.20 bits per heavy atom. The van der Waals surface area contributed by atoms with Gasteiger partial charge >= 0.3 is 0 Å². The number of hydrogen-bond acceptors (Lipinski definition) is 2. The molecule has 2 nitrogen and oxygen atoms in total. The summed E-state index contributed by atoms with van der Waals surface area (Å²) in [5.41, 5.74) is 0.390. The largest absolute Gasteiger partial charge is 0.372 e. The van der Waals surface area contributed by atoms with E-state index in [0.717, 1.165) is 26.1 Å². The molecule has 0 aromatic heterocycles. The van der Waals surface area contributed by atoms with Crippen molar-refractivity contribution >= 4 is 0 Å². The molecule has 1 fully saturated rings. The van der Waals surface area contributed by atoms with Gasteiger partial charge in [-0.1, -0.05) is 34.1 Å². The minimum atomic E-state index is 0.0193. The topological polar surface area (TPSA) is 21.8 Å². The van der Waals surface area contributed by atoms with Gasteiger partial charge in [-0.2, -0.15) is 0 Å². The molecular formula is C13H26O2. The van der Waals surface area contributed by atoms with Crippen LogP contribution in [-0.4, -0.2) is 24.9 Å². The molecule has 0 radical (unpaired) electrons. The Bertz CT molecular complexity index is 197. The summed E-state index contributed by atoms with van der Waals surface area (Å²) in [6, 6.07) is 0. The van der Waals surface area contributed by atoms with Crippen molar-refractivity contribution < 1.29 is 9.47 Å². The zero-order valence-electron chi connectivity index (χ0n) is 10.9. The molecule has 0 amide bonds. The third kappa shape index (κ3) is 4.52. The van der Waals surface area contributed by atoms with Crippen molar-refractivity contribution in [1.82, 2.24) is 0 Å². The van der Waals surface area contributed by atoms with Crippen LogP contribution in [0.25, 0.3) is 0 Å². The third-order valence-electron chi connectivity index (χ3n) is 3.58. The van der Waals surface area contributed by atoms with Gasteiger partial charge in [-0.15, -0.1) is 0 Å². The molecule has 0 N–H and O–H groups in total. The maximum atomic E-state index is 6.02. The summed E-state index contributed by atoms with van der Waals surface area (Å²) < 4.78 is 11.2. The van der Waals surface area contributed by atoms with Crippen LogP contribution in [0.15, 0.2) is 0 Å². The summed E-state index contributed by atoms with van der Waals surface area (Å²) >= 11 is 0. The minimum Gasteiger partial charge on any atom is -0.372 e. The first kappa shape index (κ1) is 13.0. The van der Waals surface area contributed by atoms with E-state index in [1.807, 2.05) is 0 Å². The number of hydrogen-bond donors (Lipinski definition) is 0. The predicted octanol–water partition coefficient (Wildman–Crippen LogP) is 3.40. The average Bonchev–Trinajstić information content (AvgIpc) is 2.98. The second-order valence-electron chi connectivity index (χ2n) is 5.76. The van der Waals surface area contributed by atoms with Crippen molar-refractivity contribution in [1.29, 1.82) is 0 Å².